The number of benzene rings is 1. The zero-order valence-electron chi connectivity index (χ0n) is 9.25. The minimum Gasteiger partial charge on any atom is -0.493 e. The highest BCUT2D eigenvalue weighted by atomic mass is 16.5. The van der Waals surface area contributed by atoms with Crippen LogP contribution < -0.4 is 4.74 Å². The molecule has 80 valence electrons. The molecule has 0 radical (unpaired) electrons. The average Bonchev–Trinajstić information content (AvgIpc) is 2.37. The summed E-state index contributed by atoms with van der Waals surface area (Å²) >= 11 is 0. The molecule has 0 atom stereocenters. The van der Waals surface area contributed by atoms with Gasteiger partial charge in [-0.2, -0.15) is 0 Å². The van der Waals surface area contributed by atoms with Crippen LogP contribution in [0.5, 0.6) is 5.75 Å². The van der Waals surface area contributed by atoms with Gasteiger partial charge in [-0.05, 0) is 36.5 Å². The summed E-state index contributed by atoms with van der Waals surface area (Å²) in [4.78, 5) is 10.7. The maximum absolute atomic E-state index is 10.7. The lowest BCUT2D eigenvalue weighted by atomic mass is 9.80. The van der Waals surface area contributed by atoms with Crippen molar-refractivity contribution in [2.75, 3.05) is 6.61 Å². The van der Waals surface area contributed by atoms with Crippen molar-refractivity contribution < 1.29 is 9.53 Å². The Labute approximate surface area is 90.3 Å². The van der Waals surface area contributed by atoms with Crippen LogP contribution in [0.25, 0.3) is 0 Å². The molecule has 0 bridgehead atoms. The van der Waals surface area contributed by atoms with E-state index in [0.717, 1.165) is 42.6 Å². The molecule has 0 spiro atoms. The van der Waals surface area contributed by atoms with Crippen molar-refractivity contribution in [2.24, 2.45) is 0 Å². The Kier molecular flexibility index (Phi) is 2.51. The Morgan fingerprint density at radius 3 is 2.93 bits per heavy atom. The molecule has 1 aromatic carbocycles. The Bertz CT molecular complexity index is 380. The molecule has 1 aliphatic rings. The van der Waals surface area contributed by atoms with Gasteiger partial charge in [-0.15, -0.1) is 0 Å². The zero-order valence-corrected chi connectivity index (χ0v) is 9.25. The molecule has 1 aliphatic heterocycles. The van der Waals surface area contributed by atoms with Gasteiger partial charge in [0.1, 0.15) is 12.0 Å². The Hall–Kier alpha value is -1.31. The predicted molar refractivity (Wildman–Crippen MR) is 59.6 cm³/mol. The van der Waals surface area contributed by atoms with Crippen molar-refractivity contribution in [2.45, 2.75) is 32.1 Å². The SMILES string of the molecule is CC1(C)CCCOc2ccc(C=O)cc21. The van der Waals surface area contributed by atoms with Crippen molar-refractivity contribution in [3.63, 3.8) is 0 Å². The summed E-state index contributed by atoms with van der Waals surface area (Å²) in [6.45, 7) is 5.18. The second-order valence-corrected chi connectivity index (χ2v) is 4.71. The molecular weight excluding hydrogens is 188 g/mol. The third kappa shape index (κ3) is 1.89. The first-order valence-electron chi connectivity index (χ1n) is 5.36. The first kappa shape index (κ1) is 10.2. The lowest BCUT2D eigenvalue weighted by molar-refractivity contribution is 0.112. The molecule has 0 saturated carbocycles. The van der Waals surface area contributed by atoms with Gasteiger partial charge in [0, 0.05) is 11.1 Å². The maximum Gasteiger partial charge on any atom is 0.150 e. The van der Waals surface area contributed by atoms with Crippen LogP contribution in [0.4, 0.5) is 0 Å². The second-order valence-electron chi connectivity index (χ2n) is 4.71. The summed E-state index contributed by atoms with van der Waals surface area (Å²) in [6.07, 6.45) is 3.06. The number of hydrogen-bond acceptors (Lipinski definition) is 2. The zero-order chi connectivity index (χ0) is 10.9. The van der Waals surface area contributed by atoms with E-state index in [-0.39, 0.29) is 5.41 Å². The van der Waals surface area contributed by atoms with Crippen LogP contribution in [0.3, 0.4) is 0 Å². The van der Waals surface area contributed by atoms with Gasteiger partial charge in [-0.25, -0.2) is 0 Å². The molecule has 0 N–H and O–H groups in total. The largest absolute Gasteiger partial charge is 0.493 e. The number of aldehydes is 1. The number of rotatable bonds is 1. The Morgan fingerprint density at radius 2 is 2.20 bits per heavy atom. The number of hydrogen-bond donors (Lipinski definition) is 0. The molecule has 0 aromatic heterocycles. The topological polar surface area (TPSA) is 26.3 Å². The standard InChI is InChI=1S/C13H16O2/c1-13(2)6-3-7-15-12-5-4-10(9-14)8-11(12)13/h4-5,8-9H,3,6-7H2,1-2H3. The first-order chi connectivity index (χ1) is 7.13. The van der Waals surface area contributed by atoms with Gasteiger partial charge in [0.05, 0.1) is 6.61 Å². The molecule has 0 aliphatic carbocycles. The fraction of sp³-hybridized carbons (Fsp3) is 0.462. The van der Waals surface area contributed by atoms with Crippen LogP contribution in [-0.2, 0) is 5.41 Å². The lowest BCUT2D eigenvalue weighted by Crippen LogP contribution is -2.16. The minimum atomic E-state index is 0.102. The van der Waals surface area contributed by atoms with E-state index in [2.05, 4.69) is 13.8 Å². The monoisotopic (exact) mass is 204 g/mol. The average molecular weight is 204 g/mol. The quantitative estimate of drug-likeness (QED) is 0.657. The van der Waals surface area contributed by atoms with E-state index in [1.165, 1.54) is 0 Å². The molecular formula is C13H16O2. The minimum absolute atomic E-state index is 0.102. The second kappa shape index (κ2) is 3.69. The molecule has 0 saturated heterocycles. The highest BCUT2D eigenvalue weighted by Gasteiger charge is 2.26. The molecule has 2 nitrogen and oxygen atoms in total. The van der Waals surface area contributed by atoms with Crippen LogP contribution >= 0.6 is 0 Å². The highest BCUT2D eigenvalue weighted by Crippen LogP contribution is 2.37. The van der Waals surface area contributed by atoms with Crippen LogP contribution in [0.2, 0.25) is 0 Å². The smallest absolute Gasteiger partial charge is 0.150 e. The molecule has 1 aromatic rings. The van der Waals surface area contributed by atoms with Gasteiger partial charge in [-0.1, -0.05) is 13.8 Å². The Balaban J connectivity index is 2.53. The van der Waals surface area contributed by atoms with E-state index in [9.17, 15) is 4.79 Å². The fourth-order valence-corrected chi connectivity index (χ4v) is 2.11. The maximum atomic E-state index is 10.7. The van der Waals surface area contributed by atoms with Gasteiger partial charge < -0.3 is 4.74 Å². The fourth-order valence-electron chi connectivity index (χ4n) is 2.11. The van der Waals surface area contributed by atoms with E-state index in [1.807, 2.05) is 18.2 Å². The molecule has 0 amide bonds. The summed E-state index contributed by atoms with van der Waals surface area (Å²) < 4.78 is 5.67. The predicted octanol–water partition coefficient (Wildman–Crippen LogP) is 2.95. The molecule has 15 heavy (non-hydrogen) atoms. The number of carbonyl (C=O) groups is 1. The van der Waals surface area contributed by atoms with Crippen molar-refractivity contribution in [3.8, 4) is 5.75 Å². The molecule has 2 rings (SSSR count). The van der Waals surface area contributed by atoms with Crippen LogP contribution in [-0.4, -0.2) is 12.9 Å². The van der Waals surface area contributed by atoms with Gasteiger partial charge in [0.15, 0.2) is 0 Å². The Morgan fingerprint density at radius 1 is 1.40 bits per heavy atom. The summed E-state index contributed by atoms with van der Waals surface area (Å²) in [7, 11) is 0. The first-order valence-corrected chi connectivity index (χ1v) is 5.36. The third-order valence-electron chi connectivity index (χ3n) is 3.07. The van der Waals surface area contributed by atoms with E-state index in [1.54, 1.807) is 0 Å². The van der Waals surface area contributed by atoms with Crippen molar-refractivity contribution in [1.29, 1.82) is 0 Å². The van der Waals surface area contributed by atoms with Gasteiger partial charge >= 0.3 is 0 Å². The van der Waals surface area contributed by atoms with E-state index >= 15 is 0 Å². The number of carbonyl (C=O) groups excluding carboxylic acids is 1. The third-order valence-corrected chi connectivity index (χ3v) is 3.07. The van der Waals surface area contributed by atoms with E-state index in [4.69, 9.17) is 4.74 Å². The summed E-state index contributed by atoms with van der Waals surface area (Å²) in [5.74, 6) is 0.933. The molecule has 0 unspecified atom stereocenters. The number of ether oxygens (including phenoxy) is 1. The van der Waals surface area contributed by atoms with Crippen molar-refractivity contribution in [3.05, 3.63) is 29.3 Å². The van der Waals surface area contributed by atoms with Crippen molar-refractivity contribution in [1.82, 2.24) is 0 Å². The van der Waals surface area contributed by atoms with Gasteiger partial charge in [-0.3, -0.25) is 4.79 Å². The summed E-state index contributed by atoms with van der Waals surface area (Å²) in [5, 5.41) is 0. The van der Waals surface area contributed by atoms with E-state index in [0.29, 0.717) is 0 Å². The van der Waals surface area contributed by atoms with Crippen molar-refractivity contribution >= 4 is 6.29 Å². The van der Waals surface area contributed by atoms with Crippen LogP contribution in [0.1, 0.15) is 42.6 Å². The number of fused-ring (bicyclic) bond motifs is 1. The summed E-state index contributed by atoms with van der Waals surface area (Å²) in [6, 6.07) is 5.67. The molecule has 0 fully saturated rings. The highest BCUT2D eigenvalue weighted by molar-refractivity contribution is 5.76. The molecule has 1 heterocycles. The van der Waals surface area contributed by atoms with Gasteiger partial charge in [0.25, 0.3) is 0 Å². The summed E-state index contributed by atoms with van der Waals surface area (Å²) in [5.41, 5.74) is 1.99. The van der Waals surface area contributed by atoms with Crippen LogP contribution in [0, 0.1) is 0 Å². The normalized spacial score (nSPS) is 18.5. The molecule has 2 heteroatoms. The van der Waals surface area contributed by atoms with E-state index < -0.39 is 0 Å². The van der Waals surface area contributed by atoms with Gasteiger partial charge in [0.2, 0.25) is 0 Å². The lowest BCUT2D eigenvalue weighted by Gasteiger charge is -2.24. The van der Waals surface area contributed by atoms with Crippen LogP contribution in [0.15, 0.2) is 18.2 Å².